The van der Waals surface area contributed by atoms with E-state index in [0.717, 1.165) is 54.6 Å². The van der Waals surface area contributed by atoms with Crippen molar-refractivity contribution in [1.29, 1.82) is 0 Å². The van der Waals surface area contributed by atoms with Crippen molar-refractivity contribution in [1.82, 2.24) is 9.97 Å². The van der Waals surface area contributed by atoms with Gasteiger partial charge in [-0.25, -0.2) is 9.97 Å². The summed E-state index contributed by atoms with van der Waals surface area (Å²) in [6.45, 7) is 5.80. The van der Waals surface area contributed by atoms with E-state index >= 15 is 0 Å². The van der Waals surface area contributed by atoms with Gasteiger partial charge < -0.3 is 10.2 Å². The molecule has 1 aromatic carbocycles. The summed E-state index contributed by atoms with van der Waals surface area (Å²) in [6.07, 6.45) is 1.96. The molecule has 4 nitrogen and oxygen atoms in total. The summed E-state index contributed by atoms with van der Waals surface area (Å²) in [7, 11) is 0. The van der Waals surface area contributed by atoms with E-state index < -0.39 is 0 Å². The Hall–Kier alpha value is -1.52. The molecule has 0 unspecified atom stereocenters. The summed E-state index contributed by atoms with van der Waals surface area (Å²) < 4.78 is 0. The van der Waals surface area contributed by atoms with Gasteiger partial charge in [-0.15, -0.1) is 0 Å². The normalized spacial score (nSPS) is 13.4. The van der Waals surface area contributed by atoms with E-state index in [1.54, 1.807) is 6.07 Å². The van der Waals surface area contributed by atoms with Crippen LogP contribution in [0, 0.1) is 6.92 Å². The van der Waals surface area contributed by atoms with Crippen LogP contribution in [0.15, 0.2) is 18.2 Å². The monoisotopic (exact) mass is 336 g/mol. The minimum absolute atomic E-state index is 0.636. The van der Waals surface area contributed by atoms with Gasteiger partial charge in [0.1, 0.15) is 17.5 Å². The average molecular weight is 337 g/mol. The molecule has 0 bridgehead atoms. The fraction of sp³-hybridized carbons (Fsp3) is 0.375. The molecule has 0 saturated heterocycles. The number of rotatable bonds is 4. The Morgan fingerprint density at radius 3 is 2.82 bits per heavy atom. The molecule has 0 fully saturated rings. The Morgan fingerprint density at radius 1 is 1.27 bits per heavy atom. The molecular weight excluding hydrogens is 319 g/mol. The summed E-state index contributed by atoms with van der Waals surface area (Å²) in [5, 5.41) is 4.67. The highest BCUT2D eigenvalue weighted by atomic mass is 35.5. The number of benzene rings is 1. The van der Waals surface area contributed by atoms with E-state index in [-0.39, 0.29) is 0 Å². The maximum atomic E-state index is 6.35. The van der Waals surface area contributed by atoms with Crippen molar-refractivity contribution in [3.63, 3.8) is 0 Å². The first-order valence-corrected chi connectivity index (χ1v) is 8.19. The van der Waals surface area contributed by atoms with Crippen LogP contribution in [0.2, 0.25) is 10.0 Å². The third-order valence-corrected chi connectivity index (χ3v) is 4.22. The highest BCUT2D eigenvalue weighted by molar-refractivity contribution is 6.36. The van der Waals surface area contributed by atoms with Gasteiger partial charge in [-0.2, -0.15) is 0 Å². The van der Waals surface area contributed by atoms with E-state index in [0.29, 0.717) is 10.0 Å². The van der Waals surface area contributed by atoms with Gasteiger partial charge in [0, 0.05) is 23.7 Å². The van der Waals surface area contributed by atoms with Gasteiger partial charge in [0.05, 0.1) is 10.7 Å². The zero-order valence-electron chi connectivity index (χ0n) is 12.7. The van der Waals surface area contributed by atoms with Crippen molar-refractivity contribution in [2.24, 2.45) is 0 Å². The number of nitrogens with one attached hydrogen (secondary N) is 1. The van der Waals surface area contributed by atoms with Crippen LogP contribution >= 0.6 is 23.2 Å². The SMILES string of the molecule is CCCNc1nc(C)nc2c1CCN2c1ccc(Cl)cc1Cl. The number of nitrogens with zero attached hydrogens (tertiary/aromatic N) is 3. The number of anilines is 3. The fourth-order valence-corrected chi connectivity index (χ4v) is 3.20. The lowest BCUT2D eigenvalue weighted by molar-refractivity contribution is 0.946. The average Bonchev–Trinajstić information content (AvgIpc) is 2.88. The van der Waals surface area contributed by atoms with Crippen LogP contribution in [-0.4, -0.2) is 23.1 Å². The predicted octanol–water partition coefficient (Wildman–Crippen LogP) is 4.61. The molecule has 0 amide bonds. The van der Waals surface area contributed by atoms with Crippen LogP contribution in [-0.2, 0) is 6.42 Å². The summed E-state index contributed by atoms with van der Waals surface area (Å²) >= 11 is 12.3. The Labute approximate surface area is 140 Å². The molecule has 1 aliphatic heterocycles. The van der Waals surface area contributed by atoms with Crippen molar-refractivity contribution in [3.05, 3.63) is 39.6 Å². The summed E-state index contributed by atoms with van der Waals surface area (Å²) in [4.78, 5) is 11.3. The molecule has 0 radical (unpaired) electrons. The third-order valence-electron chi connectivity index (χ3n) is 3.68. The number of hydrogen-bond donors (Lipinski definition) is 1. The van der Waals surface area contributed by atoms with Crippen LogP contribution in [0.3, 0.4) is 0 Å². The van der Waals surface area contributed by atoms with E-state index in [9.17, 15) is 0 Å². The van der Waals surface area contributed by atoms with Crippen molar-refractivity contribution >= 4 is 40.5 Å². The van der Waals surface area contributed by atoms with E-state index in [4.69, 9.17) is 23.2 Å². The van der Waals surface area contributed by atoms with Gasteiger partial charge in [-0.1, -0.05) is 30.1 Å². The highest BCUT2D eigenvalue weighted by Crippen LogP contribution is 2.39. The summed E-state index contributed by atoms with van der Waals surface area (Å²) in [6, 6.07) is 5.56. The van der Waals surface area contributed by atoms with E-state index in [1.165, 1.54) is 0 Å². The smallest absolute Gasteiger partial charge is 0.142 e. The van der Waals surface area contributed by atoms with Crippen molar-refractivity contribution in [2.75, 3.05) is 23.3 Å². The molecule has 22 heavy (non-hydrogen) atoms. The van der Waals surface area contributed by atoms with Gasteiger partial charge in [-0.05, 0) is 38.0 Å². The van der Waals surface area contributed by atoms with Crippen LogP contribution in [0.5, 0.6) is 0 Å². The number of aryl methyl sites for hydroxylation is 1. The quantitative estimate of drug-likeness (QED) is 0.885. The van der Waals surface area contributed by atoms with Gasteiger partial charge in [-0.3, -0.25) is 0 Å². The van der Waals surface area contributed by atoms with Gasteiger partial charge >= 0.3 is 0 Å². The third kappa shape index (κ3) is 2.85. The summed E-state index contributed by atoms with van der Waals surface area (Å²) in [5.41, 5.74) is 2.09. The van der Waals surface area contributed by atoms with Crippen molar-refractivity contribution < 1.29 is 0 Å². The molecule has 116 valence electrons. The minimum Gasteiger partial charge on any atom is -0.370 e. The Kier molecular flexibility index (Phi) is 4.41. The van der Waals surface area contributed by atoms with Crippen LogP contribution in [0.1, 0.15) is 24.7 Å². The Balaban J connectivity index is 2.02. The minimum atomic E-state index is 0.636. The first-order chi connectivity index (χ1) is 10.6. The fourth-order valence-electron chi connectivity index (χ4n) is 2.69. The second-order valence-corrected chi connectivity index (χ2v) is 6.19. The van der Waals surface area contributed by atoms with Gasteiger partial charge in [0.15, 0.2) is 0 Å². The molecule has 0 saturated carbocycles. The Morgan fingerprint density at radius 2 is 2.09 bits per heavy atom. The van der Waals surface area contributed by atoms with E-state index in [2.05, 4.69) is 27.1 Å². The molecule has 1 aromatic heterocycles. The lowest BCUT2D eigenvalue weighted by Crippen LogP contribution is -2.15. The summed E-state index contributed by atoms with van der Waals surface area (Å²) in [5.74, 6) is 2.64. The molecule has 1 N–H and O–H groups in total. The molecule has 1 aliphatic rings. The predicted molar refractivity (Wildman–Crippen MR) is 92.7 cm³/mol. The van der Waals surface area contributed by atoms with Crippen molar-refractivity contribution in [2.45, 2.75) is 26.7 Å². The first-order valence-electron chi connectivity index (χ1n) is 7.44. The lowest BCUT2D eigenvalue weighted by atomic mass is 10.2. The second kappa shape index (κ2) is 6.31. The number of halogens is 2. The molecule has 2 heterocycles. The van der Waals surface area contributed by atoms with Gasteiger partial charge in [0.25, 0.3) is 0 Å². The lowest BCUT2D eigenvalue weighted by Gasteiger charge is -2.20. The maximum Gasteiger partial charge on any atom is 0.142 e. The highest BCUT2D eigenvalue weighted by Gasteiger charge is 2.27. The number of fused-ring (bicyclic) bond motifs is 1. The molecular formula is C16H18Cl2N4. The number of hydrogen-bond acceptors (Lipinski definition) is 4. The standard InChI is InChI=1S/C16H18Cl2N4/c1-3-7-19-15-12-6-8-22(16(12)21-10(2)20-15)14-5-4-11(17)9-13(14)18/h4-5,9H,3,6-8H2,1-2H3,(H,19,20,21). The van der Waals surface area contributed by atoms with Crippen LogP contribution in [0.25, 0.3) is 0 Å². The van der Waals surface area contributed by atoms with Gasteiger partial charge in [0.2, 0.25) is 0 Å². The largest absolute Gasteiger partial charge is 0.370 e. The first kappa shape index (κ1) is 15.4. The number of aromatic nitrogens is 2. The second-order valence-electron chi connectivity index (χ2n) is 5.35. The molecule has 0 aliphatic carbocycles. The van der Waals surface area contributed by atoms with E-state index in [1.807, 2.05) is 19.1 Å². The molecule has 0 spiro atoms. The van der Waals surface area contributed by atoms with Crippen molar-refractivity contribution in [3.8, 4) is 0 Å². The zero-order valence-corrected chi connectivity index (χ0v) is 14.2. The van der Waals surface area contributed by atoms with Crippen LogP contribution in [0.4, 0.5) is 17.3 Å². The zero-order chi connectivity index (χ0) is 15.7. The maximum absolute atomic E-state index is 6.35. The molecule has 3 rings (SSSR count). The topological polar surface area (TPSA) is 41.1 Å². The molecule has 0 atom stereocenters. The molecule has 2 aromatic rings. The van der Waals surface area contributed by atoms with Crippen LogP contribution < -0.4 is 10.2 Å². The molecule has 6 heteroatoms. The Bertz CT molecular complexity index is 703.